The molecule has 0 bridgehead atoms. The van der Waals surface area contributed by atoms with Gasteiger partial charge in [0.2, 0.25) is 0 Å². The summed E-state index contributed by atoms with van der Waals surface area (Å²) in [5.74, 6) is 1.09. The molecule has 0 amide bonds. The van der Waals surface area contributed by atoms with Crippen LogP contribution in [0, 0.1) is 0 Å². The molecule has 0 saturated carbocycles. The molecule has 1 N–H and O–H groups in total. The Hall–Kier alpha value is -2.42. The van der Waals surface area contributed by atoms with Crippen LogP contribution in [0.3, 0.4) is 0 Å². The monoisotopic (exact) mass is 339 g/mol. The SMILES string of the molecule is CNc1nccnc1C1CN(c2ccc(C(F)(F)F)cn2)CCO1. The maximum absolute atomic E-state index is 12.6. The predicted molar refractivity (Wildman–Crippen MR) is 81.7 cm³/mol. The van der Waals surface area contributed by atoms with Crippen LogP contribution in [0.15, 0.2) is 30.7 Å². The third-order valence-corrected chi connectivity index (χ3v) is 3.73. The van der Waals surface area contributed by atoms with Gasteiger partial charge < -0.3 is 15.0 Å². The molecule has 2 aromatic heterocycles. The summed E-state index contributed by atoms with van der Waals surface area (Å²) in [6, 6.07) is 2.41. The average Bonchev–Trinajstić information content (AvgIpc) is 2.61. The van der Waals surface area contributed by atoms with E-state index < -0.39 is 11.7 Å². The summed E-state index contributed by atoms with van der Waals surface area (Å²) >= 11 is 0. The molecule has 24 heavy (non-hydrogen) atoms. The zero-order chi connectivity index (χ0) is 17.2. The fourth-order valence-electron chi connectivity index (χ4n) is 2.54. The van der Waals surface area contributed by atoms with Gasteiger partial charge in [-0.3, -0.25) is 4.98 Å². The molecule has 0 aromatic carbocycles. The van der Waals surface area contributed by atoms with Crippen molar-refractivity contribution >= 4 is 11.6 Å². The van der Waals surface area contributed by atoms with Gasteiger partial charge in [-0.15, -0.1) is 0 Å². The lowest BCUT2D eigenvalue weighted by Crippen LogP contribution is -2.39. The first-order valence-electron chi connectivity index (χ1n) is 7.37. The van der Waals surface area contributed by atoms with Crippen LogP contribution in [0.1, 0.15) is 17.4 Å². The zero-order valence-electron chi connectivity index (χ0n) is 12.9. The van der Waals surface area contributed by atoms with E-state index in [9.17, 15) is 13.2 Å². The van der Waals surface area contributed by atoms with Crippen molar-refractivity contribution in [2.24, 2.45) is 0 Å². The number of alkyl halides is 3. The number of aromatic nitrogens is 3. The number of ether oxygens (including phenoxy) is 1. The molecule has 0 aliphatic carbocycles. The van der Waals surface area contributed by atoms with E-state index in [4.69, 9.17) is 4.74 Å². The lowest BCUT2D eigenvalue weighted by atomic mass is 10.2. The van der Waals surface area contributed by atoms with Gasteiger partial charge in [-0.05, 0) is 12.1 Å². The molecule has 3 rings (SSSR count). The molecule has 1 aliphatic rings. The van der Waals surface area contributed by atoms with Crippen LogP contribution in [-0.2, 0) is 10.9 Å². The summed E-state index contributed by atoms with van der Waals surface area (Å²) in [7, 11) is 1.74. The van der Waals surface area contributed by atoms with Crippen LogP contribution in [0.4, 0.5) is 24.8 Å². The quantitative estimate of drug-likeness (QED) is 0.927. The van der Waals surface area contributed by atoms with Gasteiger partial charge in [0.15, 0.2) is 0 Å². The van der Waals surface area contributed by atoms with E-state index in [-0.39, 0.29) is 6.10 Å². The molecule has 9 heteroatoms. The minimum absolute atomic E-state index is 0.334. The van der Waals surface area contributed by atoms with Gasteiger partial charge in [-0.25, -0.2) is 9.97 Å². The summed E-state index contributed by atoms with van der Waals surface area (Å²) in [6.45, 7) is 1.41. The smallest absolute Gasteiger partial charge is 0.372 e. The van der Waals surface area contributed by atoms with Crippen LogP contribution in [0.5, 0.6) is 0 Å². The summed E-state index contributed by atoms with van der Waals surface area (Å²) in [4.78, 5) is 14.3. The molecule has 1 unspecified atom stereocenters. The van der Waals surface area contributed by atoms with Crippen molar-refractivity contribution in [2.75, 3.05) is 37.0 Å². The van der Waals surface area contributed by atoms with Crippen molar-refractivity contribution in [3.05, 3.63) is 42.0 Å². The van der Waals surface area contributed by atoms with Crippen LogP contribution >= 0.6 is 0 Å². The molecule has 6 nitrogen and oxygen atoms in total. The highest BCUT2D eigenvalue weighted by molar-refractivity contribution is 5.44. The van der Waals surface area contributed by atoms with Gasteiger partial charge in [0.05, 0.1) is 18.7 Å². The van der Waals surface area contributed by atoms with Gasteiger partial charge in [-0.2, -0.15) is 13.2 Å². The van der Waals surface area contributed by atoms with E-state index in [0.717, 1.165) is 12.3 Å². The Balaban J connectivity index is 1.78. The lowest BCUT2D eigenvalue weighted by Gasteiger charge is -2.33. The number of morpholine rings is 1. The molecule has 0 radical (unpaired) electrons. The number of hydrogen-bond acceptors (Lipinski definition) is 6. The second-order valence-corrected chi connectivity index (χ2v) is 5.25. The fourth-order valence-corrected chi connectivity index (χ4v) is 2.54. The van der Waals surface area contributed by atoms with Crippen molar-refractivity contribution in [2.45, 2.75) is 12.3 Å². The third kappa shape index (κ3) is 3.40. The minimum atomic E-state index is -4.39. The van der Waals surface area contributed by atoms with E-state index in [0.29, 0.717) is 37.0 Å². The summed E-state index contributed by atoms with van der Waals surface area (Å²) in [6.07, 6.45) is -0.719. The van der Waals surface area contributed by atoms with Gasteiger partial charge in [0.1, 0.15) is 23.4 Å². The van der Waals surface area contributed by atoms with E-state index >= 15 is 0 Å². The third-order valence-electron chi connectivity index (χ3n) is 3.73. The highest BCUT2D eigenvalue weighted by atomic mass is 19.4. The van der Waals surface area contributed by atoms with Gasteiger partial charge in [-0.1, -0.05) is 0 Å². The predicted octanol–water partition coefficient (Wildman–Crippen LogP) is 2.51. The number of nitrogens with zero attached hydrogens (tertiary/aromatic N) is 4. The molecular weight excluding hydrogens is 323 g/mol. The topological polar surface area (TPSA) is 63.2 Å². The summed E-state index contributed by atoms with van der Waals surface area (Å²) < 4.78 is 43.6. The Morgan fingerprint density at radius 3 is 2.67 bits per heavy atom. The molecular formula is C15H16F3N5O. The maximum atomic E-state index is 12.6. The number of rotatable bonds is 3. The van der Waals surface area contributed by atoms with Crippen LogP contribution in [0.25, 0.3) is 0 Å². The molecule has 2 aromatic rings. The maximum Gasteiger partial charge on any atom is 0.417 e. The molecule has 1 aliphatic heterocycles. The first-order valence-corrected chi connectivity index (χ1v) is 7.37. The molecule has 1 atom stereocenters. The van der Waals surface area contributed by atoms with E-state index in [1.807, 2.05) is 4.90 Å². The first-order chi connectivity index (χ1) is 11.5. The van der Waals surface area contributed by atoms with E-state index in [1.165, 1.54) is 6.07 Å². The number of pyridine rings is 1. The first kappa shape index (κ1) is 16.4. The van der Waals surface area contributed by atoms with E-state index in [2.05, 4.69) is 20.3 Å². The van der Waals surface area contributed by atoms with Crippen LogP contribution in [-0.4, -0.2) is 41.7 Å². The second kappa shape index (κ2) is 6.60. The average molecular weight is 339 g/mol. The standard InChI is InChI=1S/C15H16F3N5O/c1-19-14-13(20-4-5-21-14)11-9-23(6-7-24-11)12-3-2-10(8-22-12)15(16,17)18/h2-5,8,11H,6-7,9H2,1H3,(H,19,21). The van der Waals surface area contributed by atoms with Crippen LogP contribution in [0.2, 0.25) is 0 Å². The molecule has 0 spiro atoms. The van der Waals surface area contributed by atoms with Crippen molar-refractivity contribution in [1.29, 1.82) is 0 Å². The Morgan fingerprint density at radius 1 is 1.21 bits per heavy atom. The van der Waals surface area contributed by atoms with Crippen molar-refractivity contribution in [1.82, 2.24) is 15.0 Å². The van der Waals surface area contributed by atoms with Crippen molar-refractivity contribution < 1.29 is 17.9 Å². The van der Waals surface area contributed by atoms with E-state index in [1.54, 1.807) is 19.4 Å². The Bertz CT molecular complexity index is 692. The van der Waals surface area contributed by atoms with Gasteiger partial charge in [0.25, 0.3) is 0 Å². The number of anilines is 2. The molecule has 1 fully saturated rings. The van der Waals surface area contributed by atoms with Gasteiger partial charge >= 0.3 is 6.18 Å². The summed E-state index contributed by atoms with van der Waals surface area (Å²) in [5, 5.41) is 2.96. The number of halogens is 3. The van der Waals surface area contributed by atoms with Crippen LogP contribution < -0.4 is 10.2 Å². The molecule has 1 saturated heterocycles. The number of nitrogens with one attached hydrogen (secondary N) is 1. The highest BCUT2D eigenvalue weighted by Crippen LogP contribution is 2.31. The largest absolute Gasteiger partial charge is 0.417 e. The Labute approximate surface area is 136 Å². The normalized spacial score (nSPS) is 18.5. The number of hydrogen-bond donors (Lipinski definition) is 1. The fraction of sp³-hybridized carbons (Fsp3) is 0.400. The molecule has 128 valence electrons. The summed E-state index contributed by atoms with van der Waals surface area (Å²) in [5.41, 5.74) is -0.0981. The highest BCUT2D eigenvalue weighted by Gasteiger charge is 2.31. The lowest BCUT2D eigenvalue weighted by molar-refractivity contribution is -0.137. The Kier molecular flexibility index (Phi) is 4.52. The molecule has 3 heterocycles. The van der Waals surface area contributed by atoms with Crippen molar-refractivity contribution in [3.63, 3.8) is 0 Å². The minimum Gasteiger partial charge on any atom is -0.372 e. The second-order valence-electron chi connectivity index (χ2n) is 5.25. The van der Waals surface area contributed by atoms with Crippen molar-refractivity contribution in [3.8, 4) is 0 Å². The van der Waals surface area contributed by atoms with Gasteiger partial charge in [0, 0.05) is 32.2 Å². The Morgan fingerprint density at radius 2 is 2.00 bits per heavy atom. The zero-order valence-corrected chi connectivity index (χ0v) is 12.9.